The van der Waals surface area contributed by atoms with Crippen LogP contribution in [-0.4, -0.2) is 42.0 Å². The lowest BCUT2D eigenvalue weighted by Crippen LogP contribution is -2.66. The zero-order valence-corrected chi connectivity index (χ0v) is 24.0. The molecule has 2 unspecified atom stereocenters. The molecule has 0 fully saturated rings. The molecule has 36 heavy (non-hydrogen) atoms. The van der Waals surface area contributed by atoms with Crippen LogP contribution in [0, 0.1) is 11.8 Å². The van der Waals surface area contributed by atoms with Crippen molar-refractivity contribution in [3.8, 4) is 0 Å². The molecule has 0 aromatic rings. The van der Waals surface area contributed by atoms with Crippen LogP contribution in [0.3, 0.4) is 0 Å². The summed E-state index contributed by atoms with van der Waals surface area (Å²) >= 11 is 0. The normalized spacial score (nSPS) is 23.8. The second-order valence-electron chi connectivity index (χ2n) is 10.3. The first-order valence-corrected chi connectivity index (χ1v) is 13.6. The molecule has 0 aromatic carbocycles. The largest absolute Gasteiger partial charge is 0.490 e. The van der Waals surface area contributed by atoms with E-state index in [1.807, 2.05) is 46.8 Å². The van der Waals surface area contributed by atoms with Crippen molar-refractivity contribution in [2.45, 2.75) is 105 Å². The van der Waals surface area contributed by atoms with Gasteiger partial charge in [0.15, 0.2) is 0 Å². The molecule has 0 bridgehead atoms. The van der Waals surface area contributed by atoms with Crippen LogP contribution in [0.1, 0.15) is 93.4 Å². The van der Waals surface area contributed by atoms with Gasteiger partial charge in [0, 0.05) is 25.0 Å². The van der Waals surface area contributed by atoms with E-state index in [-0.39, 0.29) is 18.4 Å². The van der Waals surface area contributed by atoms with E-state index >= 15 is 0 Å². The molecule has 2 rings (SSSR count). The van der Waals surface area contributed by atoms with Crippen molar-refractivity contribution in [3.05, 3.63) is 47.5 Å². The number of rotatable bonds is 12. The summed E-state index contributed by atoms with van der Waals surface area (Å²) in [6, 6.07) is 0. The number of hydrogen-bond donors (Lipinski definition) is 1. The number of nitrogens with zero attached hydrogens (tertiary/aromatic N) is 1. The fourth-order valence-corrected chi connectivity index (χ4v) is 4.95. The molecule has 6 nitrogen and oxygen atoms in total. The van der Waals surface area contributed by atoms with Crippen LogP contribution in [0.4, 0.5) is 0 Å². The van der Waals surface area contributed by atoms with E-state index in [9.17, 15) is 9.59 Å². The van der Waals surface area contributed by atoms with Crippen LogP contribution >= 0.6 is 0 Å². The maximum absolute atomic E-state index is 12.8. The Bertz CT molecular complexity index is 855. The van der Waals surface area contributed by atoms with Crippen LogP contribution in [0.5, 0.6) is 0 Å². The van der Waals surface area contributed by atoms with Gasteiger partial charge < -0.3 is 20.1 Å². The molecule has 0 saturated carbocycles. The van der Waals surface area contributed by atoms with Gasteiger partial charge in [0.05, 0.1) is 5.54 Å². The van der Waals surface area contributed by atoms with Crippen molar-refractivity contribution < 1.29 is 19.1 Å². The van der Waals surface area contributed by atoms with E-state index in [4.69, 9.17) is 15.2 Å². The Kier molecular flexibility index (Phi) is 12.7. The molecule has 1 heterocycles. The highest BCUT2D eigenvalue weighted by Crippen LogP contribution is 2.51. The molecule has 1 aliphatic carbocycles. The molecule has 0 radical (unpaired) electrons. The van der Waals surface area contributed by atoms with Gasteiger partial charge >= 0.3 is 5.97 Å². The van der Waals surface area contributed by atoms with E-state index in [0.717, 1.165) is 49.9 Å². The summed E-state index contributed by atoms with van der Waals surface area (Å²) < 4.78 is 12.5. The van der Waals surface area contributed by atoms with Gasteiger partial charge in [-0.2, -0.15) is 0 Å². The van der Waals surface area contributed by atoms with Gasteiger partial charge in [-0.25, -0.2) is 4.79 Å². The Labute approximate surface area is 219 Å². The Morgan fingerprint density at radius 2 is 2.00 bits per heavy atom. The molecule has 0 aromatic heterocycles. The number of nitrogens with two attached hydrogens (primary N) is 1. The molecule has 6 heteroatoms. The van der Waals surface area contributed by atoms with Crippen LogP contribution in [-0.2, 0) is 19.1 Å². The lowest BCUT2D eigenvalue weighted by molar-refractivity contribution is -0.142. The molecule has 3 atom stereocenters. The van der Waals surface area contributed by atoms with Gasteiger partial charge in [0.1, 0.15) is 23.7 Å². The standard InChI is InChI=1S/C28H44N2O4.C2H6/c1-8-11-12-13-21(9-2)17-24(33-25(32)18-30(7)19-31)26-22-16-20(4)14-15-28(22,29)27(5,6)34-23(26)10-3;1-2/h9,16-17,19,21-22H,2,8,10-15,18,29H2,1,3-7H3;1-2H3/b24-17+;/t21?,22-,28?;/m0./s1. The van der Waals surface area contributed by atoms with Gasteiger partial charge in [0.25, 0.3) is 0 Å². The monoisotopic (exact) mass is 502 g/mol. The minimum absolute atomic E-state index is 0.0412. The average molecular weight is 503 g/mol. The SMILES string of the molecule is C=CC(/C=C(/OC(=O)CN(C)C=O)C1=C(CC)OC(C)(C)C2(N)CCC(C)=C[C@@H]12)CCCCC.CC. The highest BCUT2D eigenvalue weighted by Gasteiger charge is 2.55. The first-order valence-electron chi connectivity index (χ1n) is 13.6. The highest BCUT2D eigenvalue weighted by molar-refractivity contribution is 5.75. The summed E-state index contributed by atoms with van der Waals surface area (Å²) in [6.45, 7) is 18.3. The molecule has 204 valence electrons. The fraction of sp³-hybridized carbons (Fsp3) is 0.667. The Morgan fingerprint density at radius 3 is 2.56 bits per heavy atom. The van der Waals surface area contributed by atoms with Gasteiger partial charge in [-0.3, -0.25) is 4.79 Å². The van der Waals surface area contributed by atoms with Crippen molar-refractivity contribution in [1.29, 1.82) is 0 Å². The topological polar surface area (TPSA) is 81.9 Å². The van der Waals surface area contributed by atoms with Crippen molar-refractivity contribution in [1.82, 2.24) is 4.90 Å². The minimum atomic E-state index is -0.641. The fourth-order valence-electron chi connectivity index (χ4n) is 4.95. The summed E-state index contributed by atoms with van der Waals surface area (Å²) in [6.07, 6.45) is 13.3. The smallest absolute Gasteiger partial charge is 0.331 e. The number of esters is 1. The first-order chi connectivity index (χ1) is 17.0. The van der Waals surface area contributed by atoms with Crippen LogP contribution in [0.2, 0.25) is 0 Å². The molecule has 1 aliphatic heterocycles. The number of amides is 1. The Morgan fingerprint density at radius 1 is 1.33 bits per heavy atom. The molecule has 1 amide bonds. The van der Waals surface area contributed by atoms with Crippen molar-refractivity contribution >= 4 is 12.4 Å². The average Bonchev–Trinajstić information content (AvgIpc) is 2.85. The number of fused-ring (bicyclic) bond motifs is 1. The van der Waals surface area contributed by atoms with Crippen LogP contribution in [0.15, 0.2) is 47.5 Å². The summed E-state index contributed by atoms with van der Waals surface area (Å²) in [5.74, 6) is 0.664. The molecule has 2 aliphatic rings. The number of likely N-dealkylation sites (N-methyl/N-ethyl adjacent to an activating group) is 1. The van der Waals surface area contributed by atoms with Gasteiger partial charge in [-0.15, -0.1) is 6.58 Å². The number of allylic oxidation sites excluding steroid dienone is 5. The maximum Gasteiger partial charge on any atom is 0.331 e. The molecule has 0 spiro atoms. The second kappa shape index (κ2) is 14.4. The quantitative estimate of drug-likeness (QED) is 0.109. The van der Waals surface area contributed by atoms with E-state index < -0.39 is 17.1 Å². The summed E-state index contributed by atoms with van der Waals surface area (Å²) in [5, 5.41) is 0. The Balaban J connectivity index is 0.00000316. The van der Waals surface area contributed by atoms with Crippen LogP contribution in [0.25, 0.3) is 0 Å². The second-order valence-corrected chi connectivity index (χ2v) is 10.3. The maximum atomic E-state index is 12.8. The number of unbranched alkanes of at least 4 members (excludes halogenated alkanes) is 2. The number of ether oxygens (including phenoxy) is 2. The van der Waals surface area contributed by atoms with E-state index in [0.29, 0.717) is 18.6 Å². The van der Waals surface area contributed by atoms with E-state index in [2.05, 4.69) is 26.5 Å². The summed E-state index contributed by atoms with van der Waals surface area (Å²) in [5.41, 5.74) is 7.99. The third-order valence-corrected chi connectivity index (χ3v) is 7.23. The van der Waals surface area contributed by atoms with Crippen molar-refractivity contribution in [3.63, 3.8) is 0 Å². The Hall–Kier alpha value is -2.34. The number of carbonyl (C=O) groups is 2. The molecular formula is C30H50N2O4. The van der Waals surface area contributed by atoms with Crippen molar-refractivity contribution in [2.75, 3.05) is 13.6 Å². The zero-order chi connectivity index (χ0) is 27.5. The van der Waals surface area contributed by atoms with Crippen molar-refractivity contribution in [2.24, 2.45) is 17.6 Å². The minimum Gasteiger partial charge on any atom is -0.490 e. The highest BCUT2D eigenvalue weighted by atomic mass is 16.5. The van der Waals surface area contributed by atoms with Gasteiger partial charge in [-0.05, 0) is 52.0 Å². The summed E-state index contributed by atoms with van der Waals surface area (Å²) in [4.78, 5) is 25.2. The van der Waals surface area contributed by atoms with Crippen LogP contribution < -0.4 is 5.73 Å². The predicted molar refractivity (Wildman–Crippen MR) is 148 cm³/mol. The number of hydrogen-bond acceptors (Lipinski definition) is 5. The summed E-state index contributed by atoms with van der Waals surface area (Å²) in [7, 11) is 1.55. The van der Waals surface area contributed by atoms with Gasteiger partial charge in [0.2, 0.25) is 6.41 Å². The zero-order valence-electron chi connectivity index (χ0n) is 24.0. The van der Waals surface area contributed by atoms with Gasteiger partial charge in [-0.1, -0.05) is 64.7 Å². The van der Waals surface area contributed by atoms with E-state index in [1.54, 1.807) is 7.05 Å². The lowest BCUT2D eigenvalue weighted by Gasteiger charge is -2.54. The molecular weight excluding hydrogens is 452 g/mol. The third kappa shape index (κ3) is 7.58. The van der Waals surface area contributed by atoms with E-state index in [1.165, 1.54) is 10.5 Å². The lowest BCUT2D eigenvalue weighted by atomic mass is 9.62. The molecule has 0 saturated heterocycles. The number of carbonyl (C=O) groups excluding carboxylic acids is 2. The first kappa shape index (κ1) is 31.7. The predicted octanol–water partition coefficient (Wildman–Crippen LogP) is 6.44. The molecule has 2 N–H and O–H groups in total. The third-order valence-electron chi connectivity index (χ3n) is 7.23.